The van der Waals surface area contributed by atoms with Gasteiger partial charge in [-0.2, -0.15) is 0 Å². The number of hydrogen-bond donors (Lipinski definition) is 1. The van der Waals surface area contributed by atoms with Crippen LogP contribution in [0.5, 0.6) is 5.75 Å². The van der Waals surface area contributed by atoms with Gasteiger partial charge in [0.25, 0.3) is 0 Å². The van der Waals surface area contributed by atoms with Crippen LogP contribution in [0.3, 0.4) is 0 Å². The highest BCUT2D eigenvalue weighted by atomic mass is 16.5. The van der Waals surface area contributed by atoms with Crippen molar-refractivity contribution >= 4 is 11.8 Å². The zero-order valence-electron chi connectivity index (χ0n) is 11.8. The lowest BCUT2D eigenvalue weighted by molar-refractivity contribution is -0.135. The van der Waals surface area contributed by atoms with Gasteiger partial charge in [0, 0.05) is 13.7 Å². The summed E-state index contributed by atoms with van der Waals surface area (Å²) in [6, 6.07) is 7.21. The quantitative estimate of drug-likeness (QED) is 0.737. The monoisotopic (exact) mass is 280 g/mol. The Bertz CT molecular complexity index is 445. The number of rotatable bonds is 8. The lowest BCUT2D eigenvalue weighted by Crippen LogP contribution is -2.41. The van der Waals surface area contributed by atoms with Crippen LogP contribution >= 0.6 is 0 Å². The number of carbonyl (C=O) groups excluding carboxylic acids is 2. The van der Waals surface area contributed by atoms with Crippen LogP contribution in [0.25, 0.3) is 0 Å². The van der Waals surface area contributed by atoms with Crippen molar-refractivity contribution in [3.63, 3.8) is 0 Å². The highest BCUT2D eigenvalue weighted by Gasteiger charge is 2.15. The van der Waals surface area contributed by atoms with E-state index in [4.69, 9.17) is 15.2 Å². The molecule has 2 N–H and O–H groups in total. The Labute approximate surface area is 118 Å². The summed E-state index contributed by atoms with van der Waals surface area (Å²) < 4.78 is 9.98. The molecular formula is C14H20N2O4. The number of hydrogen-bond acceptors (Lipinski definition) is 4. The highest BCUT2D eigenvalue weighted by Crippen LogP contribution is 2.12. The van der Waals surface area contributed by atoms with Gasteiger partial charge in [-0.25, -0.2) is 0 Å². The van der Waals surface area contributed by atoms with Gasteiger partial charge in [-0.15, -0.1) is 0 Å². The molecule has 0 unspecified atom stereocenters. The van der Waals surface area contributed by atoms with Gasteiger partial charge in [-0.1, -0.05) is 12.1 Å². The first-order valence-electron chi connectivity index (χ1n) is 6.24. The van der Waals surface area contributed by atoms with E-state index in [2.05, 4.69) is 0 Å². The second-order valence-corrected chi connectivity index (χ2v) is 4.30. The van der Waals surface area contributed by atoms with E-state index in [1.807, 2.05) is 12.1 Å². The summed E-state index contributed by atoms with van der Waals surface area (Å²) in [5, 5.41) is 0. The number of nitrogens with two attached hydrogens (primary N) is 1. The molecule has 0 atom stereocenters. The molecule has 0 fully saturated rings. The van der Waals surface area contributed by atoms with Crippen LogP contribution in [-0.4, -0.2) is 50.6 Å². The van der Waals surface area contributed by atoms with Crippen LogP contribution in [0.4, 0.5) is 0 Å². The minimum atomic E-state index is -0.538. The van der Waals surface area contributed by atoms with Gasteiger partial charge in [0.1, 0.15) is 5.75 Å². The van der Waals surface area contributed by atoms with Gasteiger partial charge in [0.05, 0.1) is 26.7 Å². The van der Waals surface area contributed by atoms with Gasteiger partial charge < -0.3 is 20.1 Å². The molecule has 6 nitrogen and oxygen atoms in total. The molecule has 1 aromatic carbocycles. The second-order valence-electron chi connectivity index (χ2n) is 4.30. The standard InChI is InChI=1S/C14H20N2O4/c1-19-8-7-16(10-13(15)17)14(18)9-11-3-5-12(20-2)6-4-11/h3-6H,7-10H2,1-2H3,(H2,15,17). The molecular weight excluding hydrogens is 260 g/mol. The Kier molecular flexibility index (Phi) is 6.52. The van der Waals surface area contributed by atoms with Crippen LogP contribution in [0.15, 0.2) is 24.3 Å². The Balaban J connectivity index is 2.65. The smallest absolute Gasteiger partial charge is 0.237 e. The molecule has 0 spiro atoms. The van der Waals surface area contributed by atoms with E-state index in [1.165, 1.54) is 12.0 Å². The largest absolute Gasteiger partial charge is 0.497 e. The van der Waals surface area contributed by atoms with Gasteiger partial charge in [0.2, 0.25) is 11.8 Å². The van der Waals surface area contributed by atoms with Gasteiger partial charge in [-0.05, 0) is 17.7 Å². The van der Waals surface area contributed by atoms with E-state index in [9.17, 15) is 9.59 Å². The summed E-state index contributed by atoms with van der Waals surface area (Å²) in [5.41, 5.74) is 5.99. The number of ether oxygens (including phenoxy) is 2. The fraction of sp³-hybridized carbons (Fsp3) is 0.429. The first-order chi connectivity index (χ1) is 9.56. The molecule has 0 aliphatic heterocycles. The van der Waals surface area contributed by atoms with Crippen molar-refractivity contribution in [1.82, 2.24) is 4.90 Å². The first kappa shape index (κ1) is 16.0. The fourth-order valence-corrected chi connectivity index (χ4v) is 1.71. The third-order valence-corrected chi connectivity index (χ3v) is 2.78. The van der Waals surface area contributed by atoms with Crippen molar-refractivity contribution < 1.29 is 19.1 Å². The molecule has 0 aromatic heterocycles. The van der Waals surface area contributed by atoms with Gasteiger partial charge in [-0.3, -0.25) is 9.59 Å². The molecule has 1 aromatic rings. The maximum atomic E-state index is 12.1. The molecule has 2 amide bonds. The molecule has 1 rings (SSSR count). The van der Waals surface area contributed by atoms with Gasteiger partial charge in [0.15, 0.2) is 0 Å². The maximum Gasteiger partial charge on any atom is 0.237 e. The van der Waals surface area contributed by atoms with Crippen molar-refractivity contribution in [3.05, 3.63) is 29.8 Å². The van der Waals surface area contributed by atoms with E-state index in [0.717, 1.165) is 11.3 Å². The normalized spacial score (nSPS) is 10.1. The highest BCUT2D eigenvalue weighted by molar-refractivity contribution is 5.85. The van der Waals surface area contributed by atoms with Crippen LogP contribution in [0.1, 0.15) is 5.56 Å². The molecule has 0 radical (unpaired) electrons. The topological polar surface area (TPSA) is 81.9 Å². The minimum Gasteiger partial charge on any atom is -0.497 e. The minimum absolute atomic E-state index is 0.0989. The SMILES string of the molecule is COCCN(CC(N)=O)C(=O)Cc1ccc(OC)cc1. The lowest BCUT2D eigenvalue weighted by Gasteiger charge is -2.20. The number of primary amides is 1. The van der Waals surface area contributed by atoms with E-state index in [0.29, 0.717) is 13.2 Å². The Morgan fingerprint density at radius 3 is 2.35 bits per heavy atom. The van der Waals surface area contributed by atoms with E-state index >= 15 is 0 Å². The van der Waals surface area contributed by atoms with Crippen molar-refractivity contribution in [2.75, 3.05) is 33.9 Å². The van der Waals surface area contributed by atoms with Crippen molar-refractivity contribution in [2.45, 2.75) is 6.42 Å². The predicted molar refractivity (Wildman–Crippen MR) is 74.3 cm³/mol. The average molecular weight is 280 g/mol. The summed E-state index contributed by atoms with van der Waals surface area (Å²) in [6.07, 6.45) is 0.209. The molecule has 0 aliphatic carbocycles. The molecule has 0 aliphatic rings. The zero-order chi connectivity index (χ0) is 15.0. The summed E-state index contributed by atoms with van der Waals surface area (Å²) in [5.74, 6) is 0.0322. The summed E-state index contributed by atoms with van der Waals surface area (Å²) in [6.45, 7) is 0.606. The maximum absolute atomic E-state index is 12.1. The number of nitrogens with zero attached hydrogens (tertiary/aromatic N) is 1. The van der Waals surface area contributed by atoms with E-state index in [1.54, 1.807) is 19.2 Å². The lowest BCUT2D eigenvalue weighted by atomic mass is 10.1. The molecule has 0 bridgehead atoms. The summed E-state index contributed by atoms with van der Waals surface area (Å²) in [4.78, 5) is 24.5. The summed E-state index contributed by atoms with van der Waals surface area (Å²) >= 11 is 0. The van der Waals surface area contributed by atoms with Crippen molar-refractivity contribution in [2.24, 2.45) is 5.73 Å². The molecule has 20 heavy (non-hydrogen) atoms. The Morgan fingerprint density at radius 2 is 1.85 bits per heavy atom. The predicted octanol–water partition coefficient (Wildman–Crippen LogP) is 0.198. The van der Waals surface area contributed by atoms with Crippen LogP contribution < -0.4 is 10.5 Å². The summed E-state index contributed by atoms with van der Waals surface area (Å²) in [7, 11) is 3.12. The number of methoxy groups -OCH3 is 2. The van der Waals surface area contributed by atoms with Crippen LogP contribution in [0, 0.1) is 0 Å². The molecule has 0 saturated carbocycles. The number of benzene rings is 1. The molecule has 6 heteroatoms. The molecule has 0 saturated heterocycles. The molecule has 0 heterocycles. The third kappa shape index (κ3) is 5.27. The van der Waals surface area contributed by atoms with Gasteiger partial charge >= 0.3 is 0 Å². The van der Waals surface area contributed by atoms with E-state index in [-0.39, 0.29) is 18.9 Å². The average Bonchev–Trinajstić information content (AvgIpc) is 2.43. The Morgan fingerprint density at radius 1 is 1.20 bits per heavy atom. The van der Waals surface area contributed by atoms with E-state index < -0.39 is 5.91 Å². The van der Waals surface area contributed by atoms with Crippen molar-refractivity contribution in [3.8, 4) is 5.75 Å². The third-order valence-electron chi connectivity index (χ3n) is 2.78. The Hall–Kier alpha value is -2.08. The van der Waals surface area contributed by atoms with Crippen LogP contribution in [-0.2, 0) is 20.7 Å². The van der Waals surface area contributed by atoms with Crippen molar-refractivity contribution in [1.29, 1.82) is 0 Å². The first-order valence-corrected chi connectivity index (χ1v) is 6.24. The second kappa shape index (κ2) is 8.16. The fourth-order valence-electron chi connectivity index (χ4n) is 1.71. The zero-order valence-corrected chi connectivity index (χ0v) is 11.8. The number of amides is 2. The number of carbonyl (C=O) groups is 2. The molecule has 110 valence electrons. The van der Waals surface area contributed by atoms with Crippen LogP contribution in [0.2, 0.25) is 0 Å².